The number of phenols is 1. The molecule has 1 aliphatic carbocycles. The van der Waals surface area contributed by atoms with Crippen molar-refractivity contribution in [2.75, 3.05) is 27.4 Å². The van der Waals surface area contributed by atoms with Gasteiger partial charge in [-0.15, -0.1) is 0 Å². The standard InChI is InChI=1S/C27H32O14/c1-36-17-7-12(3-5-15(17)29)4-6-19(31)38-11-18-22(32)23(33)24(34)27(40-18)41-26-20-13(9-28)8-16(30)21(20)14(10-39-26)25(35)37-2/h3-8,10,16,18,20-24,26-30,32-34H,9,11H2,1-2H3/t16-,18-,20-,21+,22-,23+,24-,26+,27+/m1/s1. The van der Waals surface area contributed by atoms with E-state index in [0.717, 1.165) is 19.4 Å². The summed E-state index contributed by atoms with van der Waals surface area (Å²) in [6.07, 6.45) is -5.67. The molecule has 1 aromatic carbocycles. The lowest BCUT2D eigenvalue weighted by atomic mass is 9.82. The van der Waals surface area contributed by atoms with Gasteiger partial charge in [-0.1, -0.05) is 12.1 Å². The van der Waals surface area contributed by atoms with E-state index in [1.54, 1.807) is 0 Å². The van der Waals surface area contributed by atoms with E-state index < -0.39 is 80.1 Å². The third-order valence-corrected chi connectivity index (χ3v) is 7.10. The van der Waals surface area contributed by atoms with Crippen molar-refractivity contribution in [1.82, 2.24) is 0 Å². The molecule has 0 radical (unpaired) electrons. The number of carbonyl (C=O) groups is 2. The van der Waals surface area contributed by atoms with E-state index in [1.807, 2.05) is 0 Å². The highest BCUT2D eigenvalue weighted by Crippen LogP contribution is 2.44. The Morgan fingerprint density at radius 1 is 1.02 bits per heavy atom. The summed E-state index contributed by atoms with van der Waals surface area (Å²) in [5, 5.41) is 61.4. The molecule has 9 atom stereocenters. The number of carbonyl (C=O) groups excluding carboxylic acids is 2. The van der Waals surface area contributed by atoms with Crippen molar-refractivity contribution < 1.29 is 68.6 Å². The zero-order chi connectivity index (χ0) is 29.8. The van der Waals surface area contributed by atoms with Gasteiger partial charge in [-0.3, -0.25) is 0 Å². The zero-order valence-electron chi connectivity index (χ0n) is 22.1. The van der Waals surface area contributed by atoms with Gasteiger partial charge in [0.25, 0.3) is 0 Å². The molecule has 0 amide bonds. The monoisotopic (exact) mass is 580 g/mol. The lowest BCUT2D eigenvalue weighted by Gasteiger charge is -2.43. The van der Waals surface area contributed by atoms with Crippen LogP contribution in [0, 0.1) is 11.8 Å². The Kier molecular flexibility index (Phi) is 9.65. The van der Waals surface area contributed by atoms with Crippen LogP contribution in [0.5, 0.6) is 11.5 Å². The van der Waals surface area contributed by atoms with Gasteiger partial charge in [0, 0.05) is 12.0 Å². The van der Waals surface area contributed by atoms with Crippen LogP contribution in [-0.4, -0.2) is 113 Å². The van der Waals surface area contributed by atoms with Crippen molar-refractivity contribution in [1.29, 1.82) is 0 Å². The Morgan fingerprint density at radius 2 is 1.78 bits per heavy atom. The van der Waals surface area contributed by atoms with Crippen LogP contribution in [0.4, 0.5) is 0 Å². The third-order valence-electron chi connectivity index (χ3n) is 7.10. The predicted molar refractivity (Wildman–Crippen MR) is 136 cm³/mol. The summed E-state index contributed by atoms with van der Waals surface area (Å²) in [6, 6.07) is 4.42. The van der Waals surface area contributed by atoms with Gasteiger partial charge in [-0.2, -0.15) is 0 Å². The number of fused-ring (bicyclic) bond motifs is 1. The van der Waals surface area contributed by atoms with E-state index in [4.69, 9.17) is 28.4 Å². The average Bonchev–Trinajstić information content (AvgIpc) is 3.32. The molecule has 41 heavy (non-hydrogen) atoms. The topological polar surface area (TPSA) is 211 Å². The Balaban J connectivity index is 1.43. The molecule has 6 N–H and O–H groups in total. The first-order valence-electron chi connectivity index (χ1n) is 12.6. The first-order valence-corrected chi connectivity index (χ1v) is 12.6. The number of aliphatic hydroxyl groups is 5. The van der Waals surface area contributed by atoms with Gasteiger partial charge in [0.05, 0.1) is 44.7 Å². The number of aliphatic hydroxyl groups excluding tert-OH is 5. The fourth-order valence-electron chi connectivity index (χ4n) is 4.95. The maximum Gasteiger partial charge on any atom is 0.337 e. The van der Waals surface area contributed by atoms with Crippen LogP contribution in [0.3, 0.4) is 0 Å². The molecule has 3 aliphatic rings. The van der Waals surface area contributed by atoms with Gasteiger partial charge in [0.1, 0.15) is 31.0 Å². The van der Waals surface area contributed by atoms with Crippen molar-refractivity contribution in [3.05, 3.63) is 53.3 Å². The summed E-state index contributed by atoms with van der Waals surface area (Å²) >= 11 is 0. The molecule has 14 heteroatoms. The maximum atomic E-state index is 12.3. The smallest absolute Gasteiger partial charge is 0.337 e. The van der Waals surface area contributed by atoms with Crippen LogP contribution in [0.1, 0.15) is 5.56 Å². The molecule has 0 bridgehead atoms. The normalized spacial score (nSPS) is 32.9. The second kappa shape index (κ2) is 13.0. The first kappa shape index (κ1) is 30.5. The molecule has 14 nitrogen and oxygen atoms in total. The number of hydrogen-bond acceptors (Lipinski definition) is 14. The van der Waals surface area contributed by atoms with Crippen LogP contribution in [-0.2, 0) is 33.3 Å². The van der Waals surface area contributed by atoms with Crippen molar-refractivity contribution in [2.45, 2.75) is 43.1 Å². The van der Waals surface area contributed by atoms with E-state index in [1.165, 1.54) is 37.5 Å². The summed E-state index contributed by atoms with van der Waals surface area (Å²) < 4.78 is 31.8. The Morgan fingerprint density at radius 3 is 2.46 bits per heavy atom. The maximum absolute atomic E-state index is 12.3. The van der Waals surface area contributed by atoms with Crippen LogP contribution in [0.2, 0.25) is 0 Å². The van der Waals surface area contributed by atoms with Crippen LogP contribution in [0.15, 0.2) is 47.8 Å². The summed E-state index contributed by atoms with van der Waals surface area (Å²) in [6.45, 7) is -1.02. The highest BCUT2D eigenvalue weighted by atomic mass is 16.8. The van der Waals surface area contributed by atoms with E-state index in [-0.39, 0.29) is 17.1 Å². The highest BCUT2D eigenvalue weighted by molar-refractivity contribution is 5.89. The molecule has 224 valence electrons. The summed E-state index contributed by atoms with van der Waals surface area (Å²) in [4.78, 5) is 24.5. The van der Waals surface area contributed by atoms with Crippen molar-refractivity contribution in [2.24, 2.45) is 11.8 Å². The zero-order valence-corrected chi connectivity index (χ0v) is 22.1. The largest absolute Gasteiger partial charge is 0.504 e. The number of esters is 2. The number of benzene rings is 1. The third kappa shape index (κ3) is 6.38. The SMILES string of the molecule is COC(=O)C1=CO[C@@H](O[C@@H]2O[C@H](COC(=O)C=Cc3ccc(O)c(OC)c3)[C@@H](O)[C@H](O)[C@H]2O)[C@@H]2C(CO)=C[C@@H](O)[C@H]12. The quantitative estimate of drug-likeness (QED) is 0.114. The van der Waals surface area contributed by atoms with Gasteiger partial charge in [-0.25, -0.2) is 9.59 Å². The summed E-state index contributed by atoms with van der Waals surface area (Å²) in [5.74, 6) is -3.21. The Labute approximate surface area is 234 Å². The number of hydrogen-bond donors (Lipinski definition) is 6. The minimum atomic E-state index is -1.76. The molecule has 1 aromatic rings. The first-order chi connectivity index (χ1) is 19.6. The van der Waals surface area contributed by atoms with Gasteiger partial charge in [0.2, 0.25) is 6.29 Å². The molecule has 0 aromatic heterocycles. The van der Waals surface area contributed by atoms with E-state index in [9.17, 15) is 40.2 Å². The number of ether oxygens (including phenoxy) is 6. The highest BCUT2D eigenvalue weighted by Gasteiger charge is 2.52. The van der Waals surface area contributed by atoms with Crippen LogP contribution < -0.4 is 4.74 Å². The fraction of sp³-hybridized carbons (Fsp3) is 0.481. The number of phenolic OH excluding ortho intramolecular Hbond substituents is 1. The molecule has 2 heterocycles. The van der Waals surface area contributed by atoms with E-state index in [2.05, 4.69) is 0 Å². The second-order valence-corrected chi connectivity index (χ2v) is 9.56. The van der Waals surface area contributed by atoms with Crippen molar-refractivity contribution in [3.63, 3.8) is 0 Å². The molecule has 4 rings (SSSR count). The molecular formula is C27H32O14. The van der Waals surface area contributed by atoms with Gasteiger partial charge < -0.3 is 59.1 Å². The summed E-state index contributed by atoms with van der Waals surface area (Å²) in [7, 11) is 2.54. The summed E-state index contributed by atoms with van der Waals surface area (Å²) in [5.41, 5.74) is 0.839. The van der Waals surface area contributed by atoms with Gasteiger partial charge in [0.15, 0.2) is 17.8 Å². The molecule has 1 saturated heterocycles. The van der Waals surface area contributed by atoms with Gasteiger partial charge in [-0.05, 0) is 29.3 Å². The molecular weight excluding hydrogens is 548 g/mol. The molecule has 0 saturated carbocycles. The average molecular weight is 581 g/mol. The molecule has 0 unspecified atom stereocenters. The molecule has 1 fully saturated rings. The minimum Gasteiger partial charge on any atom is -0.504 e. The van der Waals surface area contributed by atoms with Crippen LogP contribution in [0.25, 0.3) is 6.08 Å². The number of methoxy groups -OCH3 is 2. The van der Waals surface area contributed by atoms with Crippen LogP contribution >= 0.6 is 0 Å². The number of rotatable bonds is 9. The lowest BCUT2D eigenvalue weighted by Crippen LogP contribution is -2.60. The van der Waals surface area contributed by atoms with Gasteiger partial charge >= 0.3 is 11.9 Å². The Hall–Kier alpha value is -3.50. The van der Waals surface area contributed by atoms with E-state index in [0.29, 0.717) is 11.1 Å². The minimum absolute atomic E-state index is 0.00806. The van der Waals surface area contributed by atoms with Crippen molar-refractivity contribution >= 4 is 18.0 Å². The lowest BCUT2D eigenvalue weighted by molar-refractivity contribution is -0.340. The van der Waals surface area contributed by atoms with E-state index >= 15 is 0 Å². The van der Waals surface area contributed by atoms with Crippen molar-refractivity contribution in [3.8, 4) is 11.5 Å². The molecule has 2 aliphatic heterocycles. The second-order valence-electron chi connectivity index (χ2n) is 9.56. The predicted octanol–water partition coefficient (Wildman–Crippen LogP) is -1.28. The fourth-order valence-corrected chi connectivity index (χ4v) is 4.95. The number of aromatic hydroxyl groups is 1. The molecule has 0 spiro atoms. The Bertz CT molecular complexity index is 1210.